The molecule has 2 aliphatic rings. The number of amides is 3. The van der Waals surface area contributed by atoms with Crippen molar-refractivity contribution in [3.63, 3.8) is 0 Å². The molecule has 2 aliphatic heterocycles. The van der Waals surface area contributed by atoms with Gasteiger partial charge in [0.2, 0.25) is 6.41 Å². The summed E-state index contributed by atoms with van der Waals surface area (Å²) in [5.41, 5.74) is 2.01. The molecule has 1 unspecified atom stereocenters. The van der Waals surface area contributed by atoms with Crippen LogP contribution >= 0.6 is 46.2 Å². The van der Waals surface area contributed by atoms with Gasteiger partial charge in [0.15, 0.2) is 15.2 Å². The summed E-state index contributed by atoms with van der Waals surface area (Å²) in [7, 11) is 0. The molecule has 0 saturated carbocycles. The van der Waals surface area contributed by atoms with Crippen molar-refractivity contribution in [1.29, 1.82) is 0 Å². The van der Waals surface area contributed by atoms with Crippen LogP contribution < -0.4 is 10.6 Å². The number of oxime groups is 1. The number of aromatic nitrogens is 3. The summed E-state index contributed by atoms with van der Waals surface area (Å²) in [4.78, 5) is 59.5. The maximum absolute atomic E-state index is 13.2. The fraction of sp³-hybridized carbons (Fsp3) is 0.400. The summed E-state index contributed by atoms with van der Waals surface area (Å²) in [6.45, 7) is 2.64. The van der Waals surface area contributed by atoms with Crippen LogP contribution in [0.1, 0.15) is 12.6 Å². The van der Waals surface area contributed by atoms with Gasteiger partial charge >= 0.3 is 5.97 Å². The Hall–Kier alpha value is -3.06. The summed E-state index contributed by atoms with van der Waals surface area (Å²) in [6.07, 6.45) is 0.453. The highest BCUT2D eigenvalue weighted by Gasteiger charge is 2.54. The van der Waals surface area contributed by atoms with Crippen molar-refractivity contribution in [1.82, 2.24) is 25.4 Å². The van der Waals surface area contributed by atoms with Gasteiger partial charge in [-0.25, -0.2) is 9.78 Å². The summed E-state index contributed by atoms with van der Waals surface area (Å²) in [5, 5.41) is 27.6. The minimum absolute atomic E-state index is 0.0768. The zero-order valence-electron chi connectivity index (χ0n) is 19.7. The van der Waals surface area contributed by atoms with E-state index in [0.717, 1.165) is 11.3 Å². The van der Waals surface area contributed by atoms with Crippen LogP contribution in [-0.4, -0.2) is 97.8 Å². The lowest BCUT2D eigenvalue weighted by Crippen LogP contribution is -2.71. The number of carboxylic acid groups (broad SMARTS) is 1. The number of carboxylic acids is 1. The largest absolute Gasteiger partial charge is 0.477 e. The molecule has 1 fully saturated rings. The van der Waals surface area contributed by atoms with E-state index in [4.69, 9.17) is 9.57 Å². The third-order valence-corrected chi connectivity index (χ3v) is 9.13. The highest BCUT2D eigenvalue weighted by molar-refractivity contribution is 8.01. The number of carbonyl (C=O) groups is 4. The first-order chi connectivity index (χ1) is 18.4. The van der Waals surface area contributed by atoms with Gasteiger partial charge in [0.05, 0.1) is 6.61 Å². The van der Waals surface area contributed by atoms with Crippen molar-refractivity contribution in [2.75, 3.05) is 36.6 Å². The van der Waals surface area contributed by atoms with Gasteiger partial charge in [-0.1, -0.05) is 28.3 Å². The minimum Gasteiger partial charge on any atom is -0.477 e. The van der Waals surface area contributed by atoms with E-state index < -0.39 is 29.2 Å². The van der Waals surface area contributed by atoms with E-state index >= 15 is 0 Å². The Balaban J connectivity index is 1.47. The van der Waals surface area contributed by atoms with Gasteiger partial charge in [-0.15, -0.1) is 33.3 Å². The fourth-order valence-corrected chi connectivity index (χ4v) is 7.06. The number of nitrogens with zero attached hydrogens (tertiary/aromatic N) is 5. The lowest BCUT2D eigenvalue weighted by atomic mass is 10.0. The Morgan fingerprint density at radius 2 is 2.21 bits per heavy atom. The smallest absolute Gasteiger partial charge is 0.352 e. The SMILES string of the molecule is CCOCCON=C(C(=O)NC1C(=O)N2C(C(=O)O)=C(CSc3nncs3)CS[C@H]12)c1csc(NC=O)n1. The van der Waals surface area contributed by atoms with Crippen LogP contribution in [0.4, 0.5) is 5.13 Å². The van der Waals surface area contributed by atoms with Gasteiger partial charge in [-0.2, -0.15) is 0 Å². The topological polar surface area (TPSA) is 185 Å². The predicted molar refractivity (Wildman–Crippen MR) is 141 cm³/mol. The first-order valence-corrected chi connectivity index (χ1v) is 14.8. The monoisotopic (exact) mass is 599 g/mol. The van der Waals surface area contributed by atoms with Crippen molar-refractivity contribution >= 4 is 81.2 Å². The fourth-order valence-electron chi connectivity index (χ4n) is 3.43. The van der Waals surface area contributed by atoms with E-state index in [1.54, 1.807) is 5.51 Å². The van der Waals surface area contributed by atoms with E-state index in [2.05, 4.69) is 31.0 Å². The average Bonchev–Trinajstić information content (AvgIpc) is 3.60. The molecule has 3 N–H and O–H groups in total. The van der Waals surface area contributed by atoms with Crippen LogP contribution in [0.2, 0.25) is 0 Å². The minimum atomic E-state index is -1.22. The third-order valence-electron chi connectivity index (χ3n) is 5.07. The van der Waals surface area contributed by atoms with Crippen molar-refractivity contribution in [3.8, 4) is 0 Å². The molecule has 14 nitrogen and oxygen atoms in total. The van der Waals surface area contributed by atoms with Gasteiger partial charge in [-0.05, 0) is 12.5 Å². The number of aliphatic carboxylic acids is 1. The number of β-lactam (4-membered cyclic amide) rings is 1. The van der Waals surface area contributed by atoms with Crippen LogP contribution in [0, 0.1) is 0 Å². The van der Waals surface area contributed by atoms with Gasteiger partial charge in [0.1, 0.15) is 34.9 Å². The molecule has 0 aromatic carbocycles. The number of anilines is 1. The molecule has 2 atom stereocenters. The lowest BCUT2D eigenvalue weighted by Gasteiger charge is -2.49. The molecule has 2 aromatic heterocycles. The summed E-state index contributed by atoms with van der Waals surface area (Å²) in [6, 6.07) is -0.973. The molecule has 18 heteroatoms. The van der Waals surface area contributed by atoms with Crippen molar-refractivity contribution < 1.29 is 33.9 Å². The van der Waals surface area contributed by atoms with E-state index in [1.165, 1.54) is 45.1 Å². The highest BCUT2D eigenvalue weighted by Crippen LogP contribution is 2.41. The molecular weight excluding hydrogens is 579 g/mol. The van der Waals surface area contributed by atoms with E-state index in [1.807, 2.05) is 6.92 Å². The number of hydrogen-bond donors (Lipinski definition) is 3. The van der Waals surface area contributed by atoms with Crippen LogP contribution in [0.15, 0.2) is 31.7 Å². The second kappa shape index (κ2) is 13.1. The Morgan fingerprint density at radius 3 is 2.92 bits per heavy atom. The predicted octanol–water partition coefficient (Wildman–Crippen LogP) is 0.851. The first kappa shape index (κ1) is 28.0. The molecule has 1 saturated heterocycles. The van der Waals surface area contributed by atoms with Crippen molar-refractivity contribution in [3.05, 3.63) is 27.9 Å². The number of thioether (sulfide) groups is 2. The molecule has 0 bridgehead atoms. The molecule has 202 valence electrons. The summed E-state index contributed by atoms with van der Waals surface area (Å²) in [5.74, 6) is -1.80. The van der Waals surface area contributed by atoms with Gasteiger partial charge in [0, 0.05) is 23.5 Å². The van der Waals surface area contributed by atoms with E-state index in [-0.39, 0.29) is 35.4 Å². The molecule has 0 aliphatic carbocycles. The molecule has 0 radical (unpaired) electrons. The van der Waals surface area contributed by atoms with Crippen LogP contribution in [0.3, 0.4) is 0 Å². The zero-order valence-corrected chi connectivity index (χ0v) is 23.0. The number of rotatable bonds is 14. The molecule has 4 heterocycles. The second-order valence-electron chi connectivity index (χ2n) is 7.38. The molecule has 4 rings (SSSR count). The second-order valence-corrected chi connectivity index (χ2v) is 11.4. The van der Waals surface area contributed by atoms with E-state index in [9.17, 15) is 24.3 Å². The number of hydrogen-bond acceptors (Lipinski definition) is 14. The number of ether oxygens (including phenoxy) is 1. The quantitative estimate of drug-likeness (QED) is 0.0695. The Bertz CT molecular complexity index is 1250. The summed E-state index contributed by atoms with van der Waals surface area (Å²) < 4.78 is 5.88. The number of nitrogens with one attached hydrogen (secondary N) is 2. The maximum Gasteiger partial charge on any atom is 0.352 e. The van der Waals surface area contributed by atoms with Gasteiger partial charge in [-0.3, -0.25) is 19.3 Å². The number of fused-ring (bicyclic) bond motifs is 1. The Morgan fingerprint density at radius 1 is 1.37 bits per heavy atom. The zero-order chi connectivity index (χ0) is 27.1. The van der Waals surface area contributed by atoms with Crippen molar-refractivity contribution in [2.45, 2.75) is 22.7 Å². The van der Waals surface area contributed by atoms with Gasteiger partial charge in [0.25, 0.3) is 11.8 Å². The normalized spacial score (nSPS) is 19.0. The lowest BCUT2D eigenvalue weighted by molar-refractivity contribution is -0.150. The third kappa shape index (κ3) is 6.32. The van der Waals surface area contributed by atoms with Gasteiger partial charge < -0.3 is 25.3 Å². The summed E-state index contributed by atoms with van der Waals surface area (Å²) >= 11 is 5.11. The highest BCUT2D eigenvalue weighted by atomic mass is 32.2. The number of carbonyl (C=O) groups excluding carboxylic acids is 3. The van der Waals surface area contributed by atoms with Crippen LogP contribution in [0.5, 0.6) is 0 Å². The first-order valence-electron chi connectivity index (χ1n) is 11.0. The maximum atomic E-state index is 13.2. The number of thiazole rings is 1. The van der Waals surface area contributed by atoms with Crippen LogP contribution in [0.25, 0.3) is 0 Å². The molecule has 0 spiro atoms. The molecule has 38 heavy (non-hydrogen) atoms. The molecule has 2 aromatic rings. The standard InChI is InChI=1S/C20H21N7O7S4/c1-2-33-3-4-34-26-12(11-7-36-19(23-11)21-8-28)15(29)24-13-16(30)27-14(18(31)32)10(5-35-17(13)27)6-37-20-25-22-9-38-20/h7-9,13,17H,2-6H2,1H3,(H,24,29)(H,31,32)(H,21,23,28)/t13?,17-/m1/s1. The molecule has 3 amide bonds. The Kier molecular flexibility index (Phi) is 9.67. The van der Waals surface area contributed by atoms with E-state index in [0.29, 0.717) is 34.4 Å². The molecular formula is C20H21N7O7S4. The van der Waals surface area contributed by atoms with Crippen molar-refractivity contribution in [2.24, 2.45) is 5.16 Å². The van der Waals surface area contributed by atoms with Crippen LogP contribution in [-0.2, 0) is 28.8 Å². The average molecular weight is 600 g/mol. The Labute approximate surface area is 232 Å².